The van der Waals surface area contributed by atoms with Gasteiger partial charge in [0.1, 0.15) is 0 Å². The number of aliphatic hydroxyl groups excluding tert-OH is 1. The molecule has 1 N–H and O–H groups in total. The number of nitro benzene ring substituents is 1. The van der Waals surface area contributed by atoms with Gasteiger partial charge in [-0.05, 0) is 38.0 Å². The van der Waals surface area contributed by atoms with Gasteiger partial charge in [0.2, 0.25) is 0 Å². The summed E-state index contributed by atoms with van der Waals surface area (Å²) in [5, 5.41) is 28.7. The lowest BCUT2D eigenvalue weighted by Gasteiger charge is -2.15. The van der Waals surface area contributed by atoms with Crippen molar-refractivity contribution in [3.63, 3.8) is 0 Å². The van der Waals surface area contributed by atoms with E-state index in [0.717, 1.165) is 0 Å². The summed E-state index contributed by atoms with van der Waals surface area (Å²) in [5.41, 5.74) is -0.143. The Balaban J connectivity index is 2.81. The van der Waals surface area contributed by atoms with Crippen molar-refractivity contribution in [3.8, 4) is 11.8 Å². The highest BCUT2D eigenvalue weighted by Gasteiger charge is 2.19. The monoisotopic (exact) mass is 264 g/mol. The standard InChI is InChI=1S/C13H16N2O4/c1-13(2,9-14)5-6-19-12-7-10(8-16)3-4-11(12)15(17)18/h3-4,7,16H,5-6,8H2,1-2H3. The average Bonchev–Trinajstić information content (AvgIpc) is 2.38. The third kappa shape index (κ3) is 4.23. The van der Waals surface area contributed by atoms with E-state index >= 15 is 0 Å². The number of nitrogens with zero attached hydrogens (tertiary/aromatic N) is 2. The maximum absolute atomic E-state index is 10.8. The van der Waals surface area contributed by atoms with Gasteiger partial charge in [0.15, 0.2) is 5.75 Å². The quantitative estimate of drug-likeness (QED) is 0.628. The zero-order chi connectivity index (χ0) is 14.5. The molecule has 0 aliphatic rings. The maximum Gasteiger partial charge on any atom is 0.310 e. The maximum atomic E-state index is 10.8. The van der Waals surface area contributed by atoms with E-state index in [1.165, 1.54) is 18.2 Å². The molecule has 1 aromatic rings. The molecule has 0 spiro atoms. The second-order valence-corrected chi connectivity index (χ2v) is 4.81. The summed E-state index contributed by atoms with van der Waals surface area (Å²) in [4.78, 5) is 10.3. The molecule has 19 heavy (non-hydrogen) atoms. The molecule has 0 atom stereocenters. The first kappa shape index (κ1) is 14.9. The number of hydrogen-bond acceptors (Lipinski definition) is 5. The van der Waals surface area contributed by atoms with Gasteiger partial charge in [-0.3, -0.25) is 10.1 Å². The molecule has 0 fully saturated rings. The highest BCUT2D eigenvalue weighted by Crippen LogP contribution is 2.29. The van der Waals surface area contributed by atoms with Crippen molar-refractivity contribution in [2.45, 2.75) is 26.9 Å². The van der Waals surface area contributed by atoms with Crippen LogP contribution in [-0.4, -0.2) is 16.6 Å². The van der Waals surface area contributed by atoms with E-state index in [2.05, 4.69) is 6.07 Å². The summed E-state index contributed by atoms with van der Waals surface area (Å²) >= 11 is 0. The fraction of sp³-hybridized carbons (Fsp3) is 0.462. The fourth-order valence-corrected chi connectivity index (χ4v) is 1.40. The van der Waals surface area contributed by atoms with E-state index in [0.29, 0.717) is 12.0 Å². The Morgan fingerprint density at radius 2 is 2.21 bits per heavy atom. The SMILES string of the molecule is CC(C)(C#N)CCOc1cc(CO)ccc1[N+](=O)[O-]. The van der Waals surface area contributed by atoms with Crippen molar-refractivity contribution in [1.82, 2.24) is 0 Å². The lowest BCUT2D eigenvalue weighted by molar-refractivity contribution is -0.385. The molecule has 0 amide bonds. The Morgan fingerprint density at radius 3 is 2.74 bits per heavy atom. The van der Waals surface area contributed by atoms with Crippen molar-refractivity contribution in [2.24, 2.45) is 5.41 Å². The number of nitriles is 1. The van der Waals surface area contributed by atoms with E-state index < -0.39 is 10.3 Å². The van der Waals surface area contributed by atoms with Crippen LogP contribution in [0.4, 0.5) is 5.69 Å². The predicted molar refractivity (Wildman–Crippen MR) is 68.5 cm³/mol. The van der Waals surface area contributed by atoms with Gasteiger partial charge in [0.05, 0.1) is 29.6 Å². The Kier molecular flexibility index (Phi) is 4.84. The second kappa shape index (κ2) is 6.16. The van der Waals surface area contributed by atoms with Crippen LogP contribution in [0.2, 0.25) is 0 Å². The molecular formula is C13H16N2O4. The molecule has 6 nitrogen and oxygen atoms in total. The summed E-state index contributed by atoms with van der Waals surface area (Å²) in [6.07, 6.45) is 0.462. The van der Waals surface area contributed by atoms with Crippen molar-refractivity contribution in [2.75, 3.05) is 6.61 Å². The van der Waals surface area contributed by atoms with Gasteiger partial charge in [0.25, 0.3) is 0 Å². The summed E-state index contributed by atoms with van der Waals surface area (Å²) in [6.45, 7) is 3.54. The molecule has 0 saturated carbocycles. The van der Waals surface area contributed by atoms with Gasteiger partial charge >= 0.3 is 5.69 Å². The average molecular weight is 264 g/mol. The van der Waals surface area contributed by atoms with Gasteiger partial charge in [-0.15, -0.1) is 0 Å². The van der Waals surface area contributed by atoms with E-state index in [-0.39, 0.29) is 24.7 Å². The van der Waals surface area contributed by atoms with Gasteiger partial charge in [-0.2, -0.15) is 5.26 Å². The van der Waals surface area contributed by atoms with Gasteiger partial charge in [0, 0.05) is 6.07 Å². The first-order chi connectivity index (χ1) is 8.89. The summed E-state index contributed by atoms with van der Waals surface area (Å²) in [6, 6.07) is 6.35. The molecule has 1 rings (SSSR count). The van der Waals surface area contributed by atoms with Gasteiger partial charge in [-0.25, -0.2) is 0 Å². The molecule has 0 heterocycles. The van der Waals surface area contributed by atoms with E-state index in [1.807, 2.05) is 0 Å². The van der Waals surface area contributed by atoms with Crippen molar-refractivity contribution in [3.05, 3.63) is 33.9 Å². The highest BCUT2D eigenvalue weighted by atomic mass is 16.6. The molecular weight excluding hydrogens is 248 g/mol. The minimum absolute atomic E-state index is 0.116. The van der Waals surface area contributed by atoms with Gasteiger partial charge in [-0.1, -0.05) is 0 Å². The minimum atomic E-state index is -0.538. The lowest BCUT2D eigenvalue weighted by atomic mass is 9.92. The Labute approximate surface area is 111 Å². The Hall–Kier alpha value is -2.13. The molecule has 0 radical (unpaired) electrons. The number of aliphatic hydroxyl groups is 1. The molecule has 0 aromatic heterocycles. The van der Waals surface area contributed by atoms with E-state index in [4.69, 9.17) is 15.1 Å². The largest absolute Gasteiger partial charge is 0.487 e. The van der Waals surface area contributed by atoms with Crippen LogP contribution in [0.1, 0.15) is 25.8 Å². The van der Waals surface area contributed by atoms with Crippen LogP contribution in [-0.2, 0) is 6.61 Å². The minimum Gasteiger partial charge on any atom is -0.487 e. The molecule has 0 bridgehead atoms. The molecule has 6 heteroatoms. The van der Waals surface area contributed by atoms with E-state index in [1.54, 1.807) is 13.8 Å². The first-order valence-corrected chi connectivity index (χ1v) is 5.82. The molecule has 1 aromatic carbocycles. The molecule has 0 unspecified atom stereocenters. The normalized spacial score (nSPS) is 10.8. The van der Waals surface area contributed by atoms with Crippen LogP contribution in [0.25, 0.3) is 0 Å². The van der Waals surface area contributed by atoms with Crippen LogP contribution in [0.15, 0.2) is 18.2 Å². The number of ether oxygens (including phenoxy) is 1. The van der Waals surface area contributed by atoms with Crippen LogP contribution in [0.5, 0.6) is 5.75 Å². The molecule has 0 aliphatic heterocycles. The summed E-state index contributed by atoms with van der Waals surface area (Å²) in [5.74, 6) is 0.116. The second-order valence-electron chi connectivity index (χ2n) is 4.81. The van der Waals surface area contributed by atoms with Crippen LogP contribution in [0.3, 0.4) is 0 Å². The highest BCUT2D eigenvalue weighted by molar-refractivity contribution is 5.48. The molecule has 0 aliphatic carbocycles. The number of hydrogen-bond donors (Lipinski definition) is 1. The molecule has 0 saturated heterocycles. The Morgan fingerprint density at radius 1 is 1.53 bits per heavy atom. The summed E-state index contributed by atoms with van der Waals surface area (Å²) < 4.78 is 5.37. The number of rotatable bonds is 6. The van der Waals surface area contributed by atoms with Crippen molar-refractivity contribution in [1.29, 1.82) is 5.26 Å². The first-order valence-electron chi connectivity index (χ1n) is 5.82. The van der Waals surface area contributed by atoms with E-state index in [9.17, 15) is 10.1 Å². The van der Waals surface area contributed by atoms with Crippen LogP contribution >= 0.6 is 0 Å². The van der Waals surface area contributed by atoms with Crippen LogP contribution in [0, 0.1) is 26.9 Å². The summed E-state index contributed by atoms with van der Waals surface area (Å²) in [7, 11) is 0. The van der Waals surface area contributed by atoms with Crippen molar-refractivity contribution < 1.29 is 14.8 Å². The third-order valence-corrected chi connectivity index (χ3v) is 2.69. The zero-order valence-corrected chi connectivity index (χ0v) is 10.9. The topological polar surface area (TPSA) is 96.4 Å². The molecule has 102 valence electrons. The third-order valence-electron chi connectivity index (χ3n) is 2.69. The predicted octanol–water partition coefficient (Wildman–Crippen LogP) is 2.41. The van der Waals surface area contributed by atoms with Gasteiger partial charge < -0.3 is 9.84 Å². The smallest absolute Gasteiger partial charge is 0.310 e. The number of benzene rings is 1. The zero-order valence-electron chi connectivity index (χ0n) is 10.9. The van der Waals surface area contributed by atoms with Crippen LogP contribution < -0.4 is 4.74 Å². The Bertz CT molecular complexity index is 506. The number of nitro groups is 1. The lowest BCUT2D eigenvalue weighted by Crippen LogP contribution is -2.13. The fourth-order valence-electron chi connectivity index (χ4n) is 1.40. The van der Waals surface area contributed by atoms with Crippen molar-refractivity contribution >= 4 is 5.69 Å².